The fraction of sp³-hybridized carbons (Fsp3) is 0.154. The summed E-state index contributed by atoms with van der Waals surface area (Å²) in [5, 5.41) is 12.9. The summed E-state index contributed by atoms with van der Waals surface area (Å²) in [4.78, 5) is 11.5. The van der Waals surface area contributed by atoms with Gasteiger partial charge < -0.3 is 10.5 Å². The molecule has 1 aromatic heterocycles. The highest BCUT2D eigenvalue weighted by molar-refractivity contribution is 5.88. The zero-order chi connectivity index (χ0) is 13.8. The second-order valence-electron chi connectivity index (χ2n) is 3.78. The zero-order valence-electron chi connectivity index (χ0n) is 10.3. The van der Waals surface area contributed by atoms with Crippen LogP contribution in [0.2, 0.25) is 0 Å². The van der Waals surface area contributed by atoms with Crippen LogP contribution in [0.5, 0.6) is 0 Å². The number of nitriles is 1. The standard InChI is InChI=1S/C13H12N4O2/c1-2-19-13(18)10-7-16-17(8-10)12-5-9(6-14)3-4-11(12)15/h3-5,7-8H,2,15H2,1H3. The lowest BCUT2D eigenvalue weighted by molar-refractivity contribution is 0.0526. The first kappa shape index (κ1) is 12.6. The van der Waals surface area contributed by atoms with E-state index in [2.05, 4.69) is 5.10 Å². The van der Waals surface area contributed by atoms with Crippen molar-refractivity contribution in [2.75, 3.05) is 12.3 Å². The van der Waals surface area contributed by atoms with Crippen LogP contribution in [-0.4, -0.2) is 22.4 Å². The summed E-state index contributed by atoms with van der Waals surface area (Å²) in [6.45, 7) is 2.03. The van der Waals surface area contributed by atoms with Gasteiger partial charge in [0.15, 0.2) is 0 Å². The Morgan fingerprint density at radius 2 is 2.37 bits per heavy atom. The largest absolute Gasteiger partial charge is 0.462 e. The van der Waals surface area contributed by atoms with E-state index in [1.54, 1.807) is 25.1 Å². The van der Waals surface area contributed by atoms with Crippen LogP contribution in [0.1, 0.15) is 22.8 Å². The number of carbonyl (C=O) groups excluding carboxylic acids is 1. The molecule has 0 saturated carbocycles. The summed E-state index contributed by atoms with van der Waals surface area (Å²) in [5.74, 6) is -0.441. The van der Waals surface area contributed by atoms with Crippen LogP contribution in [0.4, 0.5) is 5.69 Å². The number of benzene rings is 1. The van der Waals surface area contributed by atoms with Gasteiger partial charge in [0.25, 0.3) is 0 Å². The summed E-state index contributed by atoms with van der Waals surface area (Å²) in [7, 11) is 0. The molecule has 0 aliphatic carbocycles. The lowest BCUT2D eigenvalue weighted by atomic mass is 10.2. The van der Waals surface area contributed by atoms with E-state index in [0.29, 0.717) is 29.1 Å². The van der Waals surface area contributed by atoms with Gasteiger partial charge >= 0.3 is 5.97 Å². The molecular formula is C13H12N4O2. The van der Waals surface area contributed by atoms with Gasteiger partial charge in [-0.25, -0.2) is 9.48 Å². The number of esters is 1. The smallest absolute Gasteiger partial charge is 0.341 e. The maximum atomic E-state index is 11.5. The van der Waals surface area contributed by atoms with Crippen molar-refractivity contribution in [3.63, 3.8) is 0 Å². The molecule has 0 bridgehead atoms. The first-order chi connectivity index (χ1) is 9.15. The maximum absolute atomic E-state index is 11.5. The fourth-order valence-electron chi connectivity index (χ4n) is 1.59. The van der Waals surface area contributed by atoms with Crippen LogP contribution >= 0.6 is 0 Å². The molecule has 0 saturated heterocycles. The molecule has 0 unspecified atom stereocenters. The molecular weight excluding hydrogens is 244 g/mol. The molecule has 2 rings (SSSR count). The lowest BCUT2D eigenvalue weighted by Crippen LogP contribution is -2.04. The molecule has 6 nitrogen and oxygen atoms in total. The van der Waals surface area contributed by atoms with E-state index in [1.807, 2.05) is 6.07 Å². The van der Waals surface area contributed by atoms with Crippen molar-refractivity contribution >= 4 is 11.7 Å². The first-order valence-electron chi connectivity index (χ1n) is 5.67. The van der Waals surface area contributed by atoms with E-state index in [0.717, 1.165) is 0 Å². The minimum Gasteiger partial charge on any atom is -0.462 e. The molecule has 0 atom stereocenters. The van der Waals surface area contributed by atoms with Gasteiger partial charge in [0.2, 0.25) is 0 Å². The van der Waals surface area contributed by atoms with Crippen molar-refractivity contribution in [2.45, 2.75) is 6.92 Å². The van der Waals surface area contributed by atoms with E-state index in [-0.39, 0.29) is 0 Å². The predicted molar refractivity (Wildman–Crippen MR) is 68.6 cm³/mol. The number of carbonyl (C=O) groups is 1. The summed E-state index contributed by atoms with van der Waals surface area (Å²) < 4.78 is 6.32. The molecule has 0 spiro atoms. The Labute approximate surface area is 110 Å². The Morgan fingerprint density at radius 1 is 1.58 bits per heavy atom. The molecule has 0 aliphatic heterocycles. The normalized spacial score (nSPS) is 9.89. The van der Waals surface area contributed by atoms with Crippen molar-refractivity contribution in [1.82, 2.24) is 9.78 Å². The van der Waals surface area contributed by atoms with Gasteiger partial charge in [0.05, 0.1) is 41.4 Å². The molecule has 19 heavy (non-hydrogen) atoms. The van der Waals surface area contributed by atoms with Crippen molar-refractivity contribution in [3.8, 4) is 11.8 Å². The predicted octanol–water partition coefficient (Wildman–Crippen LogP) is 1.50. The van der Waals surface area contributed by atoms with Crippen molar-refractivity contribution < 1.29 is 9.53 Å². The van der Waals surface area contributed by atoms with E-state index < -0.39 is 5.97 Å². The number of hydrogen-bond donors (Lipinski definition) is 1. The molecule has 2 aromatic rings. The Bertz CT molecular complexity index is 655. The van der Waals surface area contributed by atoms with Gasteiger partial charge in [-0.2, -0.15) is 10.4 Å². The Hall–Kier alpha value is -2.81. The number of hydrogen-bond acceptors (Lipinski definition) is 5. The van der Waals surface area contributed by atoms with Crippen LogP contribution in [0.25, 0.3) is 5.69 Å². The van der Waals surface area contributed by atoms with E-state index in [1.165, 1.54) is 17.1 Å². The Morgan fingerprint density at radius 3 is 3.05 bits per heavy atom. The molecule has 1 heterocycles. The van der Waals surface area contributed by atoms with Crippen molar-refractivity contribution in [3.05, 3.63) is 41.7 Å². The maximum Gasteiger partial charge on any atom is 0.341 e. The number of rotatable bonds is 3. The molecule has 6 heteroatoms. The molecule has 0 fully saturated rings. The van der Waals surface area contributed by atoms with E-state index >= 15 is 0 Å². The van der Waals surface area contributed by atoms with Gasteiger partial charge in [-0.15, -0.1) is 0 Å². The third kappa shape index (κ3) is 2.55. The number of nitrogens with two attached hydrogens (primary N) is 1. The second kappa shape index (κ2) is 5.23. The van der Waals surface area contributed by atoms with Crippen LogP contribution in [0.15, 0.2) is 30.6 Å². The number of anilines is 1. The molecule has 0 amide bonds. The Kier molecular flexibility index (Phi) is 3.48. The van der Waals surface area contributed by atoms with Gasteiger partial charge in [0, 0.05) is 6.20 Å². The third-order valence-corrected chi connectivity index (χ3v) is 2.50. The summed E-state index contributed by atoms with van der Waals surface area (Å²) >= 11 is 0. The highest BCUT2D eigenvalue weighted by Crippen LogP contribution is 2.18. The second-order valence-corrected chi connectivity index (χ2v) is 3.78. The Balaban J connectivity index is 2.38. The number of aromatic nitrogens is 2. The molecule has 0 aliphatic rings. The van der Waals surface area contributed by atoms with Crippen LogP contribution < -0.4 is 5.73 Å². The quantitative estimate of drug-likeness (QED) is 0.663. The molecule has 1 aromatic carbocycles. The number of nitrogen functional groups attached to an aromatic ring is 1. The van der Waals surface area contributed by atoms with E-state index in [4.69, 9.17) is 15.7 Å². The summed E-state index contributed by atoms with van der Waals surface area (Å²) in [6.07, 6.45) is 2.92. The third-order valence-electron chi connectivity index (χ3n) is 2.50. The fourth-order valence-corrected chi connectivity index (χ4v) is 1.59. The highest BCUT2D eigenvalue weighted by atomic mass is 16.5. The number of ether oxygens (including phenoxy) is 1. The molecule has 2 N–H and O–H groups in total. The van der Waals surface area contributed by atoms with Gasteiger partial charge in [-0.3, -0.25) is 0 Å². The van der Waals surface area contributed by atoms with Crippen LogP contribution in [0, 0.1) is 11.3 Å². The minimum atomic E-state index is -0.441. The van der Waals surface area contributed by atoms with Crippen molar-refractivity contribution in [2.24, 2.45) is 0 Å². The lowest BCUT2D eigenvalue weighted by Gasteiger charge is -2.05. The SMILES string of the molecule is CCOC(=O)c1cnn(-c2cc(C#N)ccc2N)c1. The minimum absolute atomic E-state index is 0.302. The average molecular weight is 256 g/mol. The zero-order valence-corrected chi connectivity index (χ0v) is 10.3. The highest BCUT2D eigenvalue weighted by Gasteiger charge is 2.11. The van der Waals surface area contributed by atoms with Crippen LogP contribution in [-0.2, 0) is 4.74 Å². The van der Waals surface area contributed by atoms with Crippen molar-refractivity contribution in [1.29, 1.82) is 5.26 Å². The first-order valence-corrected chi connectivity index (χ1v) is 5.67. The van der Waals surface area contributed by atoms with Gasteiger partial charge in [-0.05, 0) is 25.1 Å². The van der Waals surface area contributed by atoms with Gasteiger partial charge in [-0.1, -0.05) is 0 Å². The van der Waals surface area contributed by atoms with Gasteiger partial charge in [0.1, 0.15) is 0 Å². The van der Waals surface area contributed by atoms with Crippen LogP contribution in [0.3, 0.4) is 0 Å². The van der Waals surface area contributed by atoms with E-state index in [9.17, 15) is 4.79 Å². The molecule has 0 radical (unpaired) electrons. The summed E-state index contributed by atoms with van der Waals surface area (Å²) in [5.41, 5.74) is 7.66. The summed E-state index contributed by atoms with van der Waals surface area (Å²) in [6, 6.07) is 6.88. The topological polar surface area (TPSA) is 93.9 Å². The number of nitrogens with zero attached hydrogens (tertiary/aromatic N) is 3. The molecule has 96 valence electrons. The monoisotopic (exact) mass is 256 g/mol. The average Bonchev–Trinajstić information content (AvgIpc) is 2.89.